The summed E-state index contributed by atoms with van der Waals surface area (Å²) in [7, 11) is -2.23. The molecule has 2 rings (SSSR count). The summed E-state index contributed by atoms with van der Waals surface area (Å²) >= 11 is 3.20. The predicted molar refractivity (Wildman–Crippen MR) is 80.4 cm³/mol. The summed E-state index contributed by atoms with van der Waals surface area (Å²) in [5, 5.41) is 2.31. The molecular weight excluding hydrogens is 360 g/mol. The molecule has 0 saturated heterocycles. The fourth-order valence-electron chi connectivity index (χ4n) is 1.66. The van der Waals surface area contributed by atoms with Crippen LogP contribution >= 0.6 is 15.9 Å². The number of nitrogens with one attached hydrogen (secondary N) is 1. The minimum Gasteiger partial charge on any atom is -0.445 e. The van der Waals surface area contributed by atoms with E-state index in [1.165, 1.54) is 25.4 Å². The Morgan fingerprint density at radius 3 is 2.62 bits per heavy atom. The van der Waals surface area contributed by atoms with Crippen LogP contribution in [0.1, 0.15) is 5.56 Å². The molecule has 1 N–H and O–H groups in total. The Hall–Kier alpha value is -1.80. The Morgan fingerprint density at radius 1 is 1.33 bits per heavy atom. The van der Waals surface area contributed by atoms with Gasteiger partial charge in [0.25, 0.3) is 10.0 Å². The number of amides is 1. The van der Waals surface area contributed by atoms with Crippen molar-refractivity contribution in [3.63, 3.8) is 0 Å². The number of carbonyl (C=O) groups excluding carboxylic acids is 1. The minimum atomic E-state index is -3.68. The van der Waals surface area contributed by atoms with E-state index >= 15 is 0 Å². The van der Waals surface area contributed by atoms with Gasteiger partial charge in [0.1, 0.15) is 11.2 Å². The van der Waals surface area contributed by atoms with Gasteiger partial charge in [0.05, 0.1) is 4.90 Å². The van der Waals surface area contributed by atoms with Gasteiger partial charge in [-0.05, 0) is 34.1 Å². The lowest BCUT2D eigenvalue weighted by molar-refractivity contribution is 0.142. The average Bonchev–Trinajstić information content (AvgIpc) is 2.87. The normalized spacial score (nSPS) is 11.1. The van der Waals surface area contributed by atoms with Gasteiger partial charge >= 0.3 is 6.09 Å². The molecular formula is C13H13BrN2O4S. The van der Waals surface area contributed by atoms with E-state index < -0.39 is 16.1 Å². The lowest BCUT2D eigenvalue weighted by atomic mass is 10.4. The Morgan fingerprint density at radius 2 is 2.00 bits per heavy atom. The first kappa shape index (κ1) is 15.6. The smallest absolute Gasteiger partial charge is 0.407 e. The van der Waals surface area contributed by atoms with Crippen LogP contribution in [0.15, 0.2) is 52.1 Å². The molecule has 0 aliphatic rings. The summed E-state index contributed by atoms with van der Waals surface area (Å²) < 4.78 is 31.3. The van der Waals surface area contributed by atoms with E-state index in [0.29, 0.717) is 10.2 Å². The van der Waals surface area contributed by atoms with Gasteiger partial charge in [-0.2, -0.15) is 0 Å². The lowest BCUT2D eigenvalue weighted by Crippen LogP contribution is -2.18. The SMILES string of the molecule is CNC(=O)OCc1cc(Br)n(S(=O)(=O)c2ccccc2)c1. The molecule has 0 spiro atoms. The van der Waals surface area contributed by atoms with Crippen molar-refractivity contribution in [2.75, 3.05) is 7.05 Å². The number of ether oxygens (including phenoxy) is 1. The van der Waals surface area contributed by atoms with Gasteiger partial charge < -0.3 is 10.1 Å². The first-order chi connectivity index (χ1) is 9.95. The van der Waals surface area contributed by atoms with E-state index in [2.05, 4.69) is 21.2 Å². The molecule has 6 nitrogen and oxygen atoms in total. The monoisotopic (exact) mass is 372 g/mol. The first-order valence-electron chi connectivity index (χ1n) is 5.97. The van der Waals surface area contributed by atoms with Gasteiger partial charge in [0.15, 0.2) is 0 Å². The Balaban J connectivity index is 2.29. The van der Waals surface area contributed by atoms with Gasteiger partial charge in [0, 0.05) is 18.8 Å². The van der Waals surface area contributed by atoms with Crippen molar-refractivity contribution in [3.8, 4) is 0 Å². The third-order valence-electron chi connectivity index (χ3n) is 2.67. The number of nitrogens with zero attached hydrogens (tertiary/aromatic N) is 1. The summed E-state index contributed by atoms with van der Waals surface area (Å²) in [6.07, 6.45) is 0.833. The number of benzene rings is 1. The van der Waals surface area contributed by atoms with Gasteiger partial charge in [-0.3, -0.25) is 0 Å². The van der Waals surface area contributed by atoms with E-state index in [1.807, 2.05) is 0 Å². The van der Waals surface area contributed by atoms with E-state index in [4.69, 9.17) is 4.74 Å². The predicted octanol–water partition coefficient (Wildman–Crippen LogP) is 2.34. The number of aromatic nitrogens is 1. The average molecular weight is 373 g/mol. The number of hydrogen-bond donors (Lipinski definition) is 1. The molecule has 1 aromatic heterocycles. The molecule has 21 heavy (non-hydrogen) atoms. The highest BCUT2D eigenvalue weighted by atomic mass is 79.9. The summed E-state index contributed by atoms with van der Waals surface area (Å²) in [5.74, 6) is 0. The number of hydrogen-bond acceptors (Lipinski definition) is 4. The highest BCUT2D eigenvalue weighted by molar-refractivity contribution is 9.10. The number of halogens is 1. The lowest BCUT2D eigenvalue weighted by Gasteiger charge is -2.06. The van der Waals surface area contributed by atoms with Crippen LogP contribution in [0, 0.1) is 0 Å². The quantitative estimate of drug-likeness (QED) is 0.893. The second-order valence-electron chi connectivity index (χ2n) is 4.11. The molecule has 8 heteroatoms. The summed E-state index contributed by atoms with van der Waals surface area (Å²) in [4.78, 5) is 11.2. The van der Waals surface area contributed by atoms with Crippen molar-refractivity contribution in [1.29, 1.82) is 0 Å². The molecule has 1 heterocycles. The van der Waals surface area contributed by atoms with Gasteiger partial charge in [0.2, 0.25) is 0 Å². The zero-order valence-electron chi connectivity index (χ0n) is 11.1. The van der Waals surface area contributed by atoms with Crippen LogP contribution in [0.4, 0.5) is 4.79 Å². The minimum absolute atomic E-state index is 0.0183. The molecule has 0 aliphatic carbocycles. The fraction of sp³-hybridized carbons (Fsp3) is 0.154. The third-order valence-corrected chi connectivity index (χ3v) is 5.21. The van der Waals surface area contributed by atoms with E-state index in [9.17, 15) is 13.2 Å². The summed E-state index contributed by atoms with van der Waals surface area (Å²) in [6, 6.07) is 9.67. The molecule has 0 unspecified atom stereocenters. The highest BCUT2D eigenvalue weighted by Gasteiger charge is 2.19. The van der Waals surface area contributed by atoms with Crippen molar-refractivity contribution in [2.24, 2.45) is 0 Å². The van der Waals surface area contributed by atoms with Crippen molar-refractivity contribution >= 4 is 32.0 Å². The Bertz CT molecular complexity index is 741. The van der Waals surface area contributed by atoms with Crippen molar-refractivity contribution in [1.82, 2.24) is 9.29 Å². The maximum absolute atomic E-state index is 12.5. The molecule has 112 valence electrons. The molecule has 0 saturated carbocycles. The Labute approximate surface area is 130 Å². The van der Waals surface area contributed by atoms with E-state index in [0.717, 1.165) is 3.97 Å². The van der Waals surface area contributed by atoms with Crippen LogP contribution < -0.4 is 5.32 Å². The maximum Gasteiger partial charge on any atom is 0.407 e. The van der Waals surface area contributed by atoms with Crippen LogP contribution in [0.2, 0.25) is 0 Å². The second kappa shape index (κ2) is 6.31. The molecule has 0 atom stereocenters. The summed E-state index contributed by atoms with van der Waals surface area (Å²) in [6.45, 7) is -0.0183. The van der Waals surface area contributed by atoms with Gasteiger partial charge in [-0.25, -0.2) is 17.2 Å². The van der Waals surface area contributed by atoms with E-state index in [1.54, 1.807) is 24.3 Å². The largest absolute Gasteiger partial charge is 0.445 e. The topological polar surface area (TPSA) is 77.4 Å². The fourth-order valence-corrected chi connectivity index (χ4v) is 3.91. The molecule has 0 radical (unpaired) electrons. The summed E-state index contributed by atoms with van der Waals surface area (Å²) in [5.41, 5.74) is 0.560. The zero-order valence-corrected chi connectivity index (χ0v) is 13.5. The molecule has 0 bridgehead atoms. The van der Waals surface area contributed by atoms with Gasteiger partial charge in [-0.15, -0.1) is 0 Å². The zero-order chi connectivity index (χ0) is 15.5. The van der Waals surface area contributed by atoms with E-state index in [-0.39, 0.29) is 11.5 Å². The molecule has 2 aromatic rings. The first-order valence-corrected chi connectivity index (χ1v) is 8.20. The molecule has 0 fully saturated rings. The van der Waals surface area contributed by atoms with Crippen molar-refractivity contribution < 1.29 is 17.9 Å². The number of carbonyl (C=O) groups is 1. The Kier molecular flexibility index (Phi) is 4.69. The van der Waals surface area contributed by atoms with Crippen LogP contribution in [0.3, 0.4) is 0 Å². The van der Waals surface area contributed by atoms with Crippen LogP contribution in [0.25, 0.3) is 0 Å². The number of rotatable bonds is 4. The number of alkyl carbamates (subject to hydrolysis) is 1. The van der Waals surface area contributed by atoms with Gasteiger partial charge in [-0.1, -0.05) is 18.2 Å². The third kappa shape index (κ3) is 3.45. The molecule has 1 aromatic carbocycles. The van der Waals surface area contributed by atoms with Crippen molar-refractivity contribution in [3.05, 3.63) is 52.8 Å². The van der Waals surface area contributed by atoms with Crippen molar-refractivity contribution in [2.45, 2.75) is 11.5 Å². The van der Waals surface area contributed by atoms with Crippen LogP contribution in [-0.4, -0.2) is 25.5 Å². The van der Waals surface area contributed by atoms with Crippen LogP contribution in [-0.2, 0) is 21.4 Å². The molecule has 1 amide bonds. The molecule has 0 aliphatic heterocycles. The van der Waals surface area contributed by atoms with Crippen LogP contribution in [0.5, 0.6) is 0 Å². The second-order valence-corrected chi connectivity index (χ2v) is 6.74. The standard InChI is InChI=1S/C13H13BrN2O4S/c1-15-13(17)20-9-10-7-12(14)16(8-10)21(18,19)11-5-3-2-4-6-11/h2-8H,9H2,1H3,(H,15,17). The maximum atomic E-state index is 12.5. The highest BCUT2D eigenvalue weighted by Crippen LogP contribution is 2.22.